The zero-order valence-corrected chi connectivity index (χ0v) is 25.2. The number of fused-ring (bicyclic) bond motifs is 1. The predicted octanol–water partition coefficient (Wildman–Crippen LogP) is 6.01. The van der Waals surface area contributed by atoms with Crippen LogP contribution in [0, 0.1) is 11.7 Å². The summed E-state index contributed by atoms with van der Waals surface area (Å²) in [6.45, 7) is 9.09. The molecule has 4 heterocycles. The van der Waals surface area contributed by atoms with Gasteiger partial charge in [-0.2, -0.15) is 9.97 Å². The lowest BCUT2D eigenvalue weighted by atomic mass is 9.85. The molecule has 1 aromatic carbocycles. The normalized spacial score (nSPS) is 23.8. The van der Waals surface area contributed by atoms with Crippen LogP contribution in [-0.2, 0) is 4.74 Å². The molecule has 220 valence electrons. The van der Waals surface area contributed by atoms with Crippen LogP contribution in [0.4, 0.5) is 19.4 Å². The van der Waals surface area contributed by atoms with Gasteiger partial charge in [-0.25, -0.2) is 13.6 Å². The van der Waals surface area contributed by atoms with E-state index in [0.29, 0.717) is 48.3 Å². The number of anilines is 1. The highest BCUT2D eigenvalue weighted by Gasteiger charge is 2.47. The zero-order chi connectivity index (χ0) is 28.5. The highest BCUT2D eigenvalue weighted by Crippen LogP contribution is 2.41. The van der Waals surface area contributed by atoms with Crippen molar-refractivity contribution in [2.75, 3.05) is 44.2 Å². The Bertz CT molecular complexity index is 1220. The van der Waals surface area contributed by atoms with E-state index in [0.717, 1.165) is 45.1 Å². The number of nitrogens with one attached hydrogen (secondary N) is 1. The topological polar surface area (TPSA) is 79.8 Å². The SMILES string of the molecule is CC(C)(C)OC(=O)N1CCCC12CCN(c1nc(OC[C@@H]3CCCNC[C@H](F)C3)nc3c(F)c(Br)ccc13)CC2. The number of aromatic nitrogens is 2. The first-order valence-corrected chi connectivity index (χ1v) is 15.2. The van der Waals surface area contributed by atoms with Crippen LogP contribution in [0.15, 0.2) is 16.6 Å². The summed E-state index contributed by atoms with van der Waals surface area (Å²) in [5, 5.41) is 3.73. The fourth-order valence-electron chi connectivity index (χ4n) is 6.28. The maximum atomic E-state index is 15.3. The van der Waals surface area contributed by atoms with E-state index < -0.39 is 17.6 Å². The molecule has 0 unspecified atom stereocenters. The second kappa shape index (κ2) is 11.9. The summed E-state index contributed by atoms with van der Waals surface area (Å²) in [7, 11) is 0. The van der Waals surface area contributed by atoms with Gasteiger partial charge in [0.25, 0.3) is 0 Å². The van der Waals surface area contributed by atoms with Crippen LogP contribution >= 0.6 is 15.9 Å². The molecule has 2 atom stereocenters. The summed E-state index contributed by atoms with van der Waals surface area (Å²) in [6.07, 6.45) is 4.44. The molecule has 40 heavy (non-hydrogen) atoms. The lowest BCUT2D eigenvalue weighted by Crippen LogP contribution is -2.55. The van der Waals surface area contributed by atoms with Crippen LogP contribution in [0.2, 0.25) is 0 Å². The van der Waals surface area contributed by atoms with Crippen molar-refractivity contribution in [1.29, 1.82) is 0 Å². The number of amides is 1. The maximum Gasteiger partial charge on any atom is 0.410 e. The van der Waals surface area contributed by atoms with Crippen LogP contribution in [-0.4, -0.2) is 77.6 Å². The summed E-state index contributed by atoms with van der Waals surface area (Å²) in [5.41, 5.74) is -0.601. The molecule has 3 saturated heterocycles. The number of ether oxygens (including phenoxy) is 2. The average Bonchev–Trinajstić information content (AvgIpc) is 3.30. The van der Waals surface area contributed by atoms with Crippen molar-refractivity contribution in [3.8, 4) is 6.01 Å². The minimum atomic E-state index is -0.924. The van der Waals surface area contributed by atoms with E-state index in [9.17, 15) is 9.18 Å². The Labute approximate surface area is 243 Å². The third-order valence-electron chi connectivity index (χ3n) is 8.29. The summed E-state index contributed by atoms with van der Waals surface area (Å²) in [4.78, 5) is 26.3. The largest absolute Gasteiger partial charge is 0.463 e. The van der Waals surface area contributed by atoms with E-state index >= 15 is 4.39 Å². The molecule has 1 spiro atoms. The minimum Gasteiger partial charge on any atom is -0.463 e. The molecule has 3 fully saturated rings. The molecule has 0 saturated carbocycles. The van der Waals surface area contributed by atoms with Gasteiger partial charge in [0.2, 0.25) is 0 Å². The molecule has 3 aliphatic heterocycles. The van der Waals surface area contributed by atoms with Gasteiger partial charge in [-0.15, -0.1) is 0 Å². The van der Waals surface area contributed by atoms with Crippen LogP contribution in [0.5, 0.6) is 6.01 Å². The molecule has 1 amide bonds. The molecule has 0 aliphatic carbocycles. The number of likely N-dealkylation sites (tertiary alicyclic amines) is 1. The number of hydrogen-bond donors (Lipinski definition) is 1. The fraction of sp³-hybridized carbons (Fsp3) is 0.690. The highest BCUT2D eigenvalue weighted by atomic mass is 79.9. The van der Waals surface area contributed by atoms with Gasteiger partial charge in [0.15, 0.2) is 5.82 Å². The van der Waals surface area contributed by atoms with E-state index in [1.54, 1.807) is 6.07 Å². The van der Waals surface area contributed by atoms with Crippen molar-refractivity contribution in [2.24, 2.45) is 5.92 Å². The molecule has 5 rings (SSSR count). The van der Waals surface area contributed by atoms with E-state index in [2.05, 4.69) is 31.1 Å². The van der Waals surface area contributed by atoms with E-state index in [1.165, 1.54) is 0 Å². The summed E-state index contributed by atoms with van der Waals surface area (Å²) in [5.74, 6) is 0.198. The van der Waals surface area contributed by atoms with Gasteiger partial charge in [-0.1, -0.05) is 0 Å². The number of benzene rings is 1. The summed E-state index contributed by atoms with van der Waals surface area (Å²) < 4.78 is 41.6. The number of hydrogen-bond acceptors (Lipinski definition) is 7. The fourth-order valence-corrected chi connectivity index (χ4v) is 6.60. The van der Waals surface area contributed by atoms with Gasteiger partial charge in [0.1, 0.15) is 23.1 Å². The van der Waals surface area contributed by atoms with E-state index in [4.69, 9.17) is 14.5 Å². The van der Waals surface area contributed by atoms with Gasteiger partial charge in [-0.05, 0) is 106 Å². The van der Waals surface area contributed by atoms with Gasteiger partial charge in [0.05, 0.1) is 11.1 Å². The molecule has 11 heteroatoms. The standard InChI is InChI=1S/C29H40BrF2N5O3/c1-28(2,3)40-27(38)37-13-5-9-29(37)10-14-36(15-11-29)25-21-7-8-22(30)23(32)24(21)34-26(35-25)39-18-19-6-4-12-33-17-20(31)16-19/h7-8,19-20,33H,4-6,9-18H2,1-3H3/t19-,20-/m1/s1. The predicted molar refractivity (Wildman–Crippen MR) is 154 cm³/mol. The van der Waals surface area contributed by atoms with Gasteiger partial charge in [0, 0.05) is 37.1 Å². The summed E-state index contributed by atoms with van der Waals surface area (Å²) >= 11 is 3.28. The van der Waals surface area contributed by atoms with Crippen molar-refractivity contribution in [3.63, 3.8) is 0 Å². The molecule has 2 aromatic rings. The number of carbonyl (C=O) groups excluding carboxylic acids is 1. The molecule has 1 N–H and O–H groups in total. The Hall–Kier alpha value is -2.27. The van der Waals surface area contributed by atoms with Crippen LogP contribution < -0.4 is 15.0 Å². The Morgan fingerprint density at radius 1 is 1.18 bits per heavy atom. The van der Waals surface area contributed by atoms with Crippen molar-refractivity contribution in [3.05, 3.63) is 22.4 Å². The number of alkyl halides is 1. The van der Waals surface area contributed by atoms with Crippen molar-refractivity contribution in [1.82, 2.24) is 20.2 Å². The average molecular weight is 625 g/mol. The minimum absolute atomic E-state index is 0.0447. The molecule has 1 aromatic heterocycles. The first-order valence-electron chi connectivity index (χ1n) is 14.4. The van der Waals surface area contributed by atoms with Crippen LogP contribution in [0.3, 0.4) is 0 Å². The third-order valence-corrected chi connectivity index (χ3v) is 8.90. The number of halogens is 3. The number of rotatable bonds is 4. The summed E-state index contributed by atoms with van der Waals surface area (Å²) in [6, 6.07) is 3.60. The second-order valence-corrected chi connectivity index (χ2v) is 13.2. The van der Waals surface area contributed by atoms with E-state index in [1.807, 2.05) is 31.7 Å². The molecular weight excluding hydrogens is 584 g/mol. The smallest absolute Gasteiger partial charge is 0.410 e. The molecule has 8 nitrogen and oxygen atoms in total. The van der Waals surface area contributed by atoms with Crippen molar-refractivity contribution >= 4 is 38.7 Å². The quantitative estimate of drug-likeness (QED) is 0.447. The van der Waals surface area contributed by atoms with Crippen LogP contribution in [0.1, 0.15) is 65.7 Å². The zero-order valence-electron chi connectivity index (χ0n) is 23.6. The Morgan fingerprint density at radius 2 is 1.95 bits per heavy atom. The van der Waals surface area contributed by atoms with E-state index in [-0.39, 0.29) is 35.7 Å². The second-order valence-electron chi connectivity index (χ2n) is 12.4. The number of piperidine rings is 1. The van der Waals surface area contributed by atoms with Gasteiger partial charge in [-0.3, -0.25) is 0 Å². The first-order chi connectivity index (χ1) is 19.0. The monoisotopic (exact) mass is 623 g/mol. The molecule has 0 bridgehead atoms. The lowest BCUT2D eigenvalue weighted by Gasteiger charge is -2.45. The third kappa shape index (κ3) is 6.45. The Kier molecular flexibility index (Phi) is 8.71. The first kappa shape index (κ1) is 29.2. The Balaban J connectivity index is 1.36. The maximum absolute atomic E-state index is 15.3. The molecule has 0 radical (unpaired) electrons. The molecular formula is C29H40BrF2N5O3. The van der Waals surface area contributed by atoms with Gasteiger partial charge >= 0.3 is 12.1 Å². The lowest BCUT2D eigenvalue weighted by molar-refractivity contribution is 0.00320. The van der Waals surface area contributed by atoms with Crippen molar-refractivity contribution < 1.29 is 23.0 Å². The van der Waals surface area contributed by atoms with Gasteiger partial charge < -0.3 is 24.6 Å². The van der Waals surface area contributed by atoms with Crippen LogP contribution in [0.25, 0.3) is 10.9 Å². The highest BCUT2D eigenvalue weighted by molar-refractivity contribution is 9.10. The Morgan fingerprint density at radius 3 is 2.70 bits per heavy atom. The number of nitrogens with zero attached hydrogens (tertiary/aromatic N) is 4. The number of carbonyl (C=O) groups is 1. The van der Waals surface area contributed by atoms with Crippen molar-refractivity contribution in [2.45, 2.75) is 83.0 Å². The molecule has 3 aliphatic rings.